The molecule has 26 heavy (non-hydrogen) atoms. The first kappa shape index (κ1) is 20.0. The van der Waals surface area contributed by atoms with Crippen LogP contribution in [0.25, 0.3) is 0 Å². The molecule has 1 aromatic carbocycles. The van der Waals surface area contributed by atoms with Gasteiger partial charge in [-0.2, -0.15) is 0 Å². The van der Waals surface area contributed by atoms with Gasteiger partial charge in [0.05, 0.1) is 26.7 Å². The standard InChI is InChI=1S/C19H27NO6/c1-6-26-15-11-19(17(22)23,18(15,2)3)20-16(21)10-12-13(24-4)8-7-9-14(12)25-5/h7-9,15H,6,10-11H2,1-5H3,(H,20,21)(H,22,23). The first-order chi connectivity index (χ1) is 12.2. The van der Waals surface area contributed by atoms with Gasteiger partial charge in [0.25, 0.3) is 0 Å². The highest BCUT2D eigenvalue weighted by molar-refractivity contribution is 5.90. The predicted molar refractivity (Wildman–Crippen MR) is 95.6 cm³/mol. The fourth-order valence-electron chi connectivity index (χ4n) is 3.58. The molecular weight excluding hydrogens is 338 g/mol. The van der Waals surface area contributed by atoms with Crippen LogP contribution in [0.1, 0.15) is 32.8 Å². The van der Waals surface area contributed by atoms with Gasteiger partial charge in [-0.25, -0.2) is 4.79 Å². The van der Waals surface area contributed by atoms with E-state index in [9.17, 15) is 14.7 Å². The van der Waals surface area contributed by atoms with Crippen molar-refractivity contribution >= 4 is 11.9 Å². The maximum Gasteiger partial charge on any atom is 0.330 e. The van der Waals surface area contributed by atoms with E-state index in [2.05, 4.69) is 5.32 Å². The third-order valence-corrected chi connectivity index (χ3v) is 5.35. The molecule has 1 fully saturated rings. The Morgan fingerprint density at radius 1 is 1.23 bits per heavy atom. The zero-order chi connectivity index (χ0) is 19.5. The summed E-state index contributed by atoms with van der Waals surface area (Å²) in [4.78, 5) is 24.7. The van der Waals surface area contributed by atoms with Gasteiger partial charge in [-0.3, -0.25) is 4.79 Å². The van der Waals surface area contributed by atoms with E-state index in [0.29, 0.717) is 23.7 Å². The smallest absolute Gasteiger partial charge is 0.330 e. The number of hydrogen-bond donors (Lipinski definition) is 2. The average Bonchev–Trinajstić information content (AvgIpc) is 2.60. The van der Waals surface area contributed by atoms with Crippen molar-refractivity contribution in [2.45, 2.75) is 45.3 Å². The summed E-state index contributed by atoms with van der Waals surface area (Å²) in [5, 5.41) is 12.5. The largest absolute Gasteiger partial charge is 0.496 e. The summed E-state index contributed by atoms with van der Waals surface area (Å²) in [5.74, 6) is -0.426. The van der Waals surface area contributed by atoms with E-state index in [1.54, 1.807) is 32.0 Å². The molecular formula is C19H27NO6. The second-order valence-electron chi connectivity index (χ2n) is 6.95. The molecule has 1 aromatic rings. The van der Waals surface area contributed by atoms with Crippen LogP contribution >= 0.6 is 0 Å². The summed E-state index contributed by atoms with van der Waals surface area (Å²) in [5.41, 5.74) is -1.51. The highest BCUT2D eigenvalue weighted by Gasteiger charge is 2.66. The monoisotopic (exact) mass is 365 g/mol. The fourth-order valence-corrected chi connectivity index (χ4v) is 3.58. The molecule has 1 aliphatic carbocycles. The molecule has 144 valence electrons. The van der Waals surface area contributed by atoms with E-state index in [4.69, 9.17) is 14.2 Å². The van der Waals surface area contributed by atoms with Crippen LogP contribution in [-0.2, 0) is 20.7 Å². The molecule has 2 atom stereocenters. The molecule has 2 N–H and O–H groups in total. The molecule has 1 saturated carbocycles. The summed E-state index contributed by atoms with van der Waals surface area (Å²) < 4.78 is 16.2. The van der Waals surface area contributed by atoms with Gasteiger partial charge in [0.1, 0.15) is 17.0 Å². The van der Waals surface area contributed by atoms with E-state index >= 15 is 0 Å². The Morgan fingerprint density at radius 2 is 1.81 bits per heavy atom. The molecule has 1 aliphatic rings. The molecule has 0 bridgehead atoms. The highest BCUT2D eigenvalue weighted by Crippen LogP contribution is 2.51. The number of carbonyl (C=O) groups is 2. The lowest BCUT2D eigenvalue weighted by Gasteiger charge is -2.58. The topological polar surface area (TPSA) is 94.1 Å². The number of carboxylic acid groups (broad SMARTS) is 1. The Balaban J connectivity index is 2.23. The minimum absolute atomic E-state index is 0.0440. The fraction of sp³-hybridized carbons (Fsp3) is 0.579. The number of rotatable bonds is 8. The lowest BCUT2D eigenvalue weighted by atomic mass is 9.54. The number of methoxy groups -OCH3 is 2. The van der Waals surface area contributed by atoms with Gasteiger partial charge < -0.3 is 24.6 Å². The third-order valence-electron chi connectivity index (χ3n) is 5.35. The molecule has 1 amide bonds. The normalized spacial score (nSPS) is 23.7. The van der Waals surface area contributed by atoms with Crippen molar-refractivity contribution in [1.29, 1.82) is 0 Å². The number of aliphatic carboxylic acids is 1. The first-order valence-corrected chi connectivity index (χ1v) is 8.59. The first-order valence-electron chi connectivity index (χ1n) is 8.59. The van der Waals surface area contributed by atoms with Crippen molar-refractivity contribution in [2.75, 3.05) is 20.8 Å². The van der Waals surface area contributed by atoms with Crippen LogP contribution in [0.3, 0.4) is 0 Å². The lowest BCUT2D eigenvalue weighted by Crippen LogP contribution is -2.76. The number of benzene rings is 1. The Hall–Kier alpha value is -2.28. The van der Waals surface area contributed by atoms with Crippen molar-refractivity contribution in [1.82, 2.24) is 5.32 Å². The number of amides is 1. The maximum absolute atomic E-state index is 12.7. The second kappa shape index (κ2) is 7.53. The lowest BCUT2D eigenvalue weighted by molar-refractivity contribution is -0.194. The van der Waals surface area contributed by atoms with Crippen LogP contribution in [0.2, 0.25) is 0 Å². The molecule has 0 saturated heterocycles. The van der Waals surface area contributed by atoms with Crippen molar-refractivity contribution in [3.05, 3.63) is 23.8 Å². The SMILES string of the molecule is CCOC1CC(NC(=O)Cc2c(OC)cccc2OC)(C(=O)O)C1(C)C. The average molecular weight is 365 g/mol. The van der Waals surface area contributed by atoms with Gasteiger partial charge in [0.15, 0.2) is 0 Å². The van der Waals surface area contributed by atoms with Gasteiger partial charge in [-0.1, -0.05) is 19.9 Å². The second-order valence-corrected chi connectivity index (χ2v) is 6.95. The molecule has 0 aromatic heterocycles. The van der Waals surface area contributed by atoms with Crippen molar-refractivity contribution in [3.63, 3.8) is 0 Å². The van der Waals surface area contributed by atoms with Crippen LogP contribution in [0.5, 0.6) is 11.5 Å². The molecule has 2 rings (SSSR count). The highest BCUT2D eigenvalue weighted by atomic mass is 16.5. The van der Waals surface area contributed by atoms with E-state index in [-0.39, 0.29) is 18.9 Å². The van der Waals surface area contributed by atoms with E-state index in [0.717, 1.165) is 0 Å². The number of nitrogens with one attached hydrogen (secondary N) is 1. The molecule has 0 spiro atoms. The summed E-state index contributed by atoms with van der Waals surface area (Å²) >= 11 is 0. The van der Waals surface area contributed by atoms with E-state index in [1.807, 2.05) is 6.92 Å². The number of carboxylic acids is 1. The van der Waals surface area contributed by atoms with Crippen molar-refractivity contribution < 1.29 is 28.9 Å². The van der Waals surface area contributed by atoms with Crippen LogP contribution < -0.4 is 14.8 Å². The number of carbonyl (C=O) groups excluding carboxylic acids is 1. The third kappa shape index (κ3) is 3.23. The van der Waals surface area contributed by atoms with Crippen LogP contribution in [0.15, 0.2) is 18.2 Å². The molecule has 7 nitrogen and oxygen atoms in total. The van der Waals surface area contributed by atoms with Gasteiger partial charge in [-0.05, 0) is 19.1 Å². The number of hydrogen-bond acceptors (Lipinski definition) is 5. The summed E-state index contributed by atoms with van der Waals surface area (Å²) in [6, 6.07) is 5.23. The molecule has 2 unspecified atom stereocenters. The zero-order valence-corrected chi connectivity index (χ0v) is 15.9. The van der Waals surface area contributed by atoms with E-state index < -0.39 is 22.8 Å². The molecule has 0 radical (unpaired) electrons. The van der Waals surface area contributed by atoms with Crippen LogP contribution in [0.4, 0.5) is 0 Å². The minimum atomic E-state index is -1.36. The van der Waals surface area contributed by atoms with Gasteiger partial charge in [0, 0.05) is 24.0 Å². The Kier molecular flexibility index (Phi) is 5.81. The van der Waals surface area contributed by atoms with E-state index in [1.165, 1.54) is 14.2 Å². The summed E-state index contributed by atoms with van der Waals surface area (Å²) in [6.45, 7) is 5.96. The Labute approximate surface area is 153 Å². The predicted octanol–water partition coefficient (Wildman–Crippen LogP) is 2.02. The summed E-state index contributed by atoms with van der Waals surface area (Å²) in [6.07, 6.45) is -0.0278. The maximum atomic E-state index is 12.7. The minimum Gasteiger partial charge on any atom is -0.496 e. The van der Waals surface area contributed by atoms with Gasteiger partial charge in [0.2, 0.25) is 5.91 Å². The van der Waals surface area contributed by atoms with Crippen LogP contribution in [0, 0.1) is 5.41 Å². The molecule has 0 aliphatic heterocycles. The Morgan fingerprint density at radius 3 is 2.23 bits per heavy atom. The molecule has 7 heteroatoms. The van der Waals surface area contributed by atoms with Crippen molar-refractivity contribution in [2.24, 2.45) is 5.41 Å². The number of ether oxygens (including phenoxy) is 3. The Bertz CT molecular complexity index is 664. The summed E-state index contributed by atoms with van der Waals surface area (Å²) in [7, 11) is 3.02. The van der Waals surface area contributed by atoms with Crippen molar-refractivity contribution in [3.8, 4) is 11.5 Å². The van der Waals surface area contributed by atoms with Gasteiger partial charge in [-0.15, -0.1) is 0 Å². The quantitative estimate of drug-likeness (QED) is 0.732. The van der Waals surface area contributed by atoms with Crippen LogP contribution in [-0.4, -0.2) is 49.5 Å². The molecule has 0 heterocycles. The zero-order valence-electron chi connectivity index (χ0n) is 15.9. The van der Waals surface area contributed by atoms with Gasteiger partial charge >= 0.3 is 5.97 Å².